The van der Waals surface area contributed by atoms with Crippen LogP contribution < -0.4 is 0 Å². The van der Waals surface area contributed by atoms with Crippen LogP contribution in [-0.2, 0) is 4.79 Å². The quantitative estimate of drug-likeness (QED) is 0.778. The Morgan fingerprint density at radius 3 is 1.65 bits per heavy atom. The zero-order valence-electron chi connectivity index (χ0n) is 8.86. The van der Waals surface area contributed by atoms with Gasteiger partial charge in [0.05, 0.1) is 5.92 Å². The monoisotopic (exact) mass is 264 g/mol. The summed E-state index contributed by atoms with van der Waals surface area (Å²) in [5.74, 6) is -8.78. The van der Waals surface area contributed by atoms with E-state index in [1.165, 1.54) is 0 Å². The van der Waals surface area contributed by atoms with Crippen molar-refractivity contribution in [2.75, 3.05) is 0 Å². The van der Waals surface area contributed by atoms with Crippen LogP contribution in [-0.4, -0.2) is 23.4 Å². The Bertz CT molecular complexity index is 315. The van der Waals surface area contributed by atoms with Crippen LogP contribution in [0.1, 0.15) is 13.8 Å². The van der Waals surface area contributed by atoms with Crippen LogP contribution in [0, 0.1) is 23.2 Å². The molecule has 1 fully saturated rings. The second-order valence-corrected chi connectivity index (χ2v) is 4.72. The van der Waals surface area contributed by atoms with Gasteiger partial charge in [0.15, 0.2) is 5.92 Å². The molecule has 1 N–H and O–H groups in total. The molecule has 100 valence electrons. The predicted octanol–water partition coefficient (Wildman–Crippen LogP) is 3.08. The van der Waals surface area contributed by atoms with Crippen molar-refractivity contribution < 1.29 is 36.2 Å². The van der Waals surface area contributed by atoms with Crippen molar-refractivity contribution in [3.05, 3.63) is 0 Å². The topological polar surface area (TPSA) is 37.3 Å². The van der Waals surface area contributed by atoms with Crippen LogP contribution in [0.15, 0.2) is 0 Å². The van der Waals surface area contributed by atoms with E-state index in [0.29, 0.717) is 0 Å². The lowest BCUT2D eigenvalue weighted by Crippen LogP contribution is -2.39. The van der Waals surface area contributed by atoms with E-state index < -0.39 is 41.5 Å². The molecule has 0 amide bonds. The maximum absolute atomic E-state index is 12.4. The molecular weight excluding hydrogens is 254 g/mol. The van der Waals surface area contributed by atoms with Gasteiger partial charge in [-0.25, -0.2) is 0 Å². The molecule has 0 spiro atoms. The van der Waals surface area contributed by atoms with Gasteiger partial charge in [-0.15, -0.1) is 0 Å². The summed E-state index contributed by atoms with van der Waals surface area (Å²) in [5.41, 5.74) is -1.50. The van der Waals surface area contributed by atoms with Crippen molar-refractivity contribution >= 4 is 5.97 Å². The van der Waals surface area contributed by atoms with Crippen molar-refractivity contribution in [3.63, 3.8) is 0 Å². The van der Waals surface area contributed by atoms with E-state index in [2.05, 4.69) is 0 Å². The number of carbonyl (C=O) groups is 1. The maximum atomic E-state index is 12.4. The first-order valence-corrected chi connectivity index (χ1v) is 4.67. The van der Waals surface area contributed by atoms with E-state index in [-0.39, 0.29) is 0 Å². The highest BCUT2D eigenvalue weighted by atomic mass is 19.4. The summed E-state index contributed by atoms with van der Waals surface area (Å²) in [7, 11) is 0. The molecule has 0 saturated heterocycles. The van der Waals surface area contributed by atoms with Crippen molar-refractivity contribution in [3.8, 4) is 0 Å². The van der Waals surface area contributed by atoms with Crippen molar-refractivity contribution in [2.45, 2.75) is 26.2 Å². The highest BCUT2D eigenvalue weighted by Gasteiger charge is 2.75. The Labute approximate surface area is 92.6 Å². The Morgan fingerprint density at radius 2 is 1.47 bits per heavy atom. The highest BCUT2D eigenvalue weighted by molar-refractivity contribution is 5.75. The lowest BCUT2D eigenvalue weighted by atomic mass is 9.96. The van der Waals surface area contributed by atoms with Crippen molar-refractivity contribution in [1.82, 2.24) is 0 Å². The molecule has 1 aliphatic rings. The second-order valence-electron chi connectivity index (χ2n) is 4.72. The Balaban J connectivity index is 3.09. The number of aliphatic carboxylic acids is 1. The molecule has 0 aromatic rings. The van der Waals surface area contributed by atoms with E-state index >= 15 is 0 Å². The molecule has 0 aromatic heterocycles. The first-order valence-electron chi connectivity index (χ1n) is 4.67. The Hall–Kier alpha value is -0.950. The van der Waals surface area contributed by atoms with Gasteiger partial charge >= 0.3 is 18.3 Å². The number of alkyl halides is 6. The zero-order chi connectivity index (χ0) is 13.8. The van der Waals surface area contributed by atoms with Gasteiger partial charge in [0.2, 0.25) is 0 Å². The third-order valence-electron chi connectivity index (χ3n) is 3.24. The minimum atomic E-state index is -5.48. The average Bonchev–Trinajstić information content (AvgIpc) is 2.46. The minimum absolute atomic E-state index is 1.10. The molecule has 1 aliphatic carbocycles. The fourth-order valence-electron chi connectivity index (χ4n) is 2.36. The van der Waals surface area contributed by atoms with Gasteiger partial charge < -0.3 is 5.11 Å². The molecule has 0 aliphatic heterocycles. The normalized spacial score (nSPS) is 28.3. The van der Waals surface area contributed by atoms with E-state index in [4.69, 9.17) is 5.11 Å². The van der Waals surface area contributed by atoms with Gasteiger partial charge in [-0.3, -0.25) is 4.79 Å². The van der Waals surface area contributed by atoms with Gasteiger partial charge in [-0.1, -0.05) is 13.8 Å². The van der Waals surface area contributed by atoms with Gasteiger partial charge in [0.1, 0.15) is 0 Å². The number of hydrogen-bond donors (Lipinski definition) is 1. The van der Waals surface area contributed by atoms with Crippen LogP contribution in [0.5, 0.6) is 0 Å². The van der Waals surface area contributed by atoms with Gasteiger partial charge in [-0.05, 0) is 11.3 Å². The fourth-order valence-corrected chi connectivity index (χ4v) is 2.36. The third-order valence-corrected chi connectivity index (χ3v) is 3.24. The molecule has 2 atom stereocenters. The number of carboxylic acids is 1. The average molecular weight is 264 g/mol. The number of halogens is 6. The molecule has 0 bridgehead atoms. The minimum Gasteiger partial charge on any atom is -0.481 e. The third kappa shape index (κ3) is 2.35. The van der Waals surface area contributed by atoms with Crippen LogP contribution in [0.2, 0.25) is 0 Å². The number of hydrogen-bond acceptors (Lipinski definition) is 1. The standard InChI is InChI=1S/C9H10F6O2/c1-7(2)3(4(7)6(16)17)5(8(10,11)12)9(13,14)15/h3-5H,1-2H3,(H,16,17). The summed E-state index contributed by atoms with van der Waals surface area (Å²) < 4.78 is 74.2. The molecule has 8 heteroatoms. The first kappa shape index (κ1) is 14.1. The molecule has 0 aromatic carbocycles. The summed E-state index contributed by atoms with van der Waals surface area (Å²) in [6.07, 6.45) is -11.0. The second kappa shape index (κ2) is 3.52. The maximum Gasteiger partial charge on any atom is 0.400 e. The van der Waals surface area contributed by atoms with Gasteiger partial charge in [0, 0.05) is 0 Å². The summed E-state index contributed by atoms with van der Waals surface area (Å²) in [5, 5.41) is 8.60. The van der Waals surface area contributed by atoms with Gasteiger partial charge in [-0.2, -0.15) is 26.3 Å². The molecule has 1 rings (SSSR count). The van der Waals surface area contributed by atoms with Crippen LogP contribution >= 0.6 is 0 Å². The van der Waals surface area contributed by atoms with Crippen molar-refractivity contribution in [2.24, 2.45) is 23.2 Å². The predicted molar refractivity (Wildman–Crippen MR) is 44.0 cm³/mol. The molecule has 0 heterocycles. The smallest absolute Gasteiger partial charge is 0.400 e. The summed E-state index contributed by atoms with van der Waals surface area (Å²) in [6, 6.07) is 0. The van der Waals surface area contributed by atoms with Crippen LogP contribution in [0.4, 0.5) is 26.3 Å². The summed E-state index contributed by atoms with van der Waals surface area (Å²) >= 11 is 0. The SMILES string of the molecule is CC1(C)C(C(=O)O)C1C(C(F)(F)F)C(F)(F)F. The zero-order valence-corrected chi connectivity index (χ0v) is 8.86. The van der Waals surface area contributed by atoms with E-state index in [0.717, 1.165) is 13.8 Å². The lowest BCUT2D eigenvalue weighted by Gasteiger charge is -2.24. The first-order chi connectivity index (χ1) is 7.31. The van der Waals surface area contributed by atoms with Crippen molar-refractivity contribution in [1.29, 1.82) is 0 Å². The summed E-state index contributed by atoms with van der Waals surface area (Å²) in [4.78, 5) is 10.6. The highest BCUT2D eigenvalue weighted by Crippen LogP contribution is 2.67. The Morgan fingerprint density at radius 1 is 1.12 bits per heavy atom. The number of carboxylic acid groups (broad SMARTS) is 1. The lowest BCUT2D eigenvalue weighted by molar-refractivity contribution is -0.293. The molecule has 17 heavy (non-hydrogen) atoms. The van der Waals surface area contributed by atoms with E-state index in [1.807, 2.05) is 0 Å². The Kier molecular flexibility index (Phi) is 2.92. The van der Waals surface area contributed by atoms with Crippen LogP contribution in [0.3, 0.4) is 0 Å². The van der Waals surface area contributed by atoms with Gasteiger partial charge in [0.25, 0.3) is 0 Å². The number of rotatable bonds is 2. The molecule has 0 radical (unpaired) electrons. The van der Waals surface area contributed by atoms with E-state index in [9.17, 15) is 31.1 Å². The molecule has 2 unspecified atom stereocenters. The molecular formula is C9H10F6O2. The summed E-state index contributed by atoms with van der Waals surface area (Å²) in [6.45, 7) is 2.20. The molecule has 2 nitrogen and oxygen atoms in total. The largest absolute Gasteiger partial charge is 0.481 e. The van der Waals surface area contributed by atoms with Crippen LogP contribution in [0.25, 0.3) is 0 Å². The molecule has 1 saturated carbocycles. The fraction of sp³-hybridized carbons (Fsp3) is 0.889. The van der Waals surface area contributed by atoms with E-state index in [1.54, 1.807) is 0 Å².